The predicted molar refractivity (Wildman–Crippen MR) is 77.9 cm³/mol. The first-order valence-corrected chi connectivity index (χ1v) is 6.76. The second-order valence-corrected chi connectivity index (χ2v) is 4.92. The van der Waals surface area contributed by atoms with Crippen molar-refractivity contribution in [2.75, 3.05) is 18.0 Å². The van der Waals surface area contributed by atoms with Crippen LogP contribution in [-0.4, -0.2) is 24.1 Å². The maximum atomic E-state index is 13.4. The van der Waals surface area contributed by atoms with Gasteiger partial charge in [-0.1, -0.05) is 18.2 Å². The third-order valence-electron chi connectivity index (χ3n) is 3.54. The normalized spacial score (nSPS) is 14.4. The van der Waals surface area contributed by atoms with Gasteiger partial charge in [0.05, 0.1) is 5.56 Å². The SMILES string of the molecule is O=C(c1cc(F)ccc1O)N1CCNCc2ccccc21. The van der Waals surface area contributed by atoms with Crippen LogP contribution < -0.4 is 10.2 Å². The van der Waals surface area contributed by atoms with Crippen molar-refractivity contribution in [2.45, 2.75) is 6.54 Å². The van der Waals surface area contributed by atoms with Crippen molar-refractivity contribution in [2.24, 2.45) is 0 Å². The van der Waals surface area contributed by atoms with E-state index < -0.39 is 11.7 Å². The van der Waals surface area contributed by atoms with E-state index in [1.165, 1.54) is 6.07 Å². The van der Waals surface area contributed by atoms with Crippen LogP contribution in [-0.2, 0) is 6.54 Å². The lowest BCUT2D eigenvalue weighted by atomic mass is 10.1. The number of carbonyl (C=O) groups excluding carboxylic acids is 1. The summed E-state index contributed by atoms with van der Waals surface area (Å²) in [5, 5.41) is 13.1. The quantitative estimate of drug-likeness (QED) is 0.845. The van der Waals surface area contributed by atoms with E-state index >= 15 is 0 Å². The zero-order valence-corrected chi connectivity index (χ0v) is 11.3. The van der Waals surface area contributed by atoms with Gasteiger partial charge in [0.15, 0.2) is 0 Å². The van der Waals surface area contributed by atoms with Crippen LogP contribution in [0.25, 0.3) is 0 Å². The van der Waals surface area contributed by atoms with Crippen LogP contribution >= 0.6 is 0 Å². The van der Waals surface area contributed by atoms with Gasteiger partial charge in [-0.25, -0.2) is 4.39 Å². The molecule has 4 nitrogen and oxygen atoms in total. The smallest absolute Gasteiger partial charge is 0.262 e. The fraction of sp³-hybridized carbons (Fsp3) is 0.188. The van der Waals surface area contributed by atoms with Gasteiger partial charge in [-0.3, -0.25) is 4.79 Å². The zero-order valence-electron chi connectivity index (χ0n) is 11.3. The topological polar surface area (TPSA) is 52.6 Å². The molecule has 2 aromatic carbocycles. The summed E-state index contributed by atoms with van der Waals surface area (Å²) in [4.78, 5) is 14.2. The maximum Gasteiger partial charge on any atom is 0.262 e. The van der Waals surface area contributed by atoms with Gasteiger partial charge in [0.1, 0.15) is 11.6 Å². The lowest BCUT2D eigenvalue weighted by Crippen LogP contribution is -2.34. The molecule has 0 aromatic heterocycles. The molecular weight excluding hydrogens is 271 g/mol. The molecule has 0 saturated carbocycles. The number of rotatable bonds is 1. The van der Waals surface area contributed by atoms with Crippen LogP contribution in [0.2, 0.25) is 0 Å². The van der Waals surface area contributed by atoms with Crippen LogP contribution in [0.1, 0.15) is 15.9 Å². The fourth-order valence-corrected chi connectivity index (χ4v) is 2.49. The molecule has 3 rings (SSSR count). The Hall–Kier alpha value is -2.40. The standard InChI is InChI=1S/C16H15FN2O2/c17-12-5-6-15(20)13(9-12)16(21)19-8-7-18-10-11-3-1-2-4-14(11)19/h1-6,9,18,20H,7-8,10H2. The highest BCUT2D eigenvalue weighted by atomic mass is 19.1. The van der Waals surface area contributed by atoms with Crippen molar-refractivity contribution >= 4 is 11.6 Å². The molecule has 1 aliphatic rings. The van der Waals surface area contributed by atoms with Crippen molar-refractivity contribution in [3.8, 4) is 5.75 Å². The molecule has 0 fully saturated rings. The van der Waals surface area contributed by atoms with E-state index in [9.17, 15) is 14.3 Å². The minimum Gasteiger partial charge on any atom is -0.507 e. The number of nitrogens with zero attached hydrogens (tertiary/aromatic N) is 1. The summed E-state index contributed by atoms with van der Waals surface area (Å²) < 4.78 is 13.4. The molecule has 5 heteroatoms. The Balaban J connectivity index is 2.03. The molecular formula is C16H15FN2O2. The number of benzene rings is 2. The van der Waals surface area contributed by atoms with Crippen LogP contribution in [0.3, 0.4) is 0 Å². The van der Waals surface area contributed by atoms with Crippen molar-refractivity contribution in [3.05, 3.63) is 59.4 Å². The maximum absolute atomic E-state index is 13.4. The highest BCUT2D eigenvalue weighted by Crippen LogP contribution is 2.27. The molecule has 0 bridgehead atoms. The summed E-state index contributed by atoms with van der Waals surface area (Å²) >= 11 is 0. The van der Waals surface area contributed by atoms with E-state index in [4.69, 9.17) is 0 Å². The largest absolute Gasteiger partial charge is 0.507 e. The Kier molecular flexibility index (Phi) is 3.58. The third kappa shape index (κ3) is 2.60. The molecule has 1 aliphatic heterocycles. The molecule has 108 valence electrons. The van der Waals surface area contributed by atoms with E-state index in [0.717, 1.165) is 23.4 Å². The van der Waals surface area contributed by atoms with Crippen LogP contribution in [0, 0.1) is 5.82 Å². The number of fused-ring (bicyclic) bond motifs is 1. The first-order chi connectivity index (χ1) is 10.2. The van der Waals surface area contributed by atoms with Crippen LogP contribution in [0.4, 0.5) is 10.1 Å². The van der Waals surface area contributed by atoms with E-state index in [1.807, 2.05) is 24.3 Å². The molecule has 0 saturated heterocycles. The first kappa shape index (κ1) is 13.6. The Morgan fingerprint density at radius 1 is 1.24 bits per heavy atom. The number of hydrogen-bond donors (Lipinski definition) is 2. The molecule has 0 unspecified atom stereocenters. The molecule has 2 aromatic rings. The number of nitrogens with one attached hydrogen (secondary N) is 1. The molecule has 2 N–H and O–H groups in total. The number of anilines is 1. The van der Waals surface area contributed by atoms with Gasteiger partial charge in [0.25, 0.3) is 5.91 Å². The van der Waals surface area contributed by atoms with Gasteiger partial charge in [-0.2, -0.15) is 0 Å². The number of para-hydroxylation sites is 1. The summed E-state index contributed by atoms with van der Waals surface area (Å²) in [5.41, 5.74) is 1.77. The van der Waals surface area contributed by atoms with Gasteiger partial charge in [0.2, 0.25) is 0 Å². The van der Waals surface area contributed by atoms with Gasteiger partial charge >= 0.3 is 0 Å². The number of carbonyl (C=O) groups is 1. The molecule has 0 aliphatic carbocycles. The summed E-state index contributed by atoms with van der Waals surface area (Å²) in [6.07, 6.45) is 0. The van der Waals surface area contributed by atoms with E-state index in [-0.39, 0.29) is 11.3 Å². The lowest BCUT2D eigenvalue weighted by molar-refractivity contribution is 0.0984. The summed E-state index contributed by atoms with van der Waals surface area (Å²) in [6.45, 7) is 1.78. The lowest BCUT2D eigenvalue weighted by Gasteiger charge is -2.23. The minimum atomic E-state index is -0.544. The number of halogens is 1. The molecule has 1 heterocycles. The summed E-state index contributed by atoms with van der Waals surface area (Å²) in [7, 11) is 0. The predicted octanol–water partition coefficient (Wildman–Crippen LogP) is 2.28. The van der Waals surface area contributed by atoms with Gasteiger partial charge < -0.3 is 15.3 Å². The van der Waals surface area contributed by atoms with E-state index in [2.05, 4.69) is 5.32 Å². The number of hydrogen-bond acceptors (Lipinski definition) is 3. The summed E-state index contributed by atoms with van der Waals surface area (Å²) in [5.74, 6) is -1.16. The first-order valence-electron chi connectivity index (χ1n) is 6.76. The summed E-state index contributed by atoms with van der Waals surface area (Å²) in [6, 6.07) is 11.0. The Labute approximate surface area is 121 Å². The molecule has 0 atom stereocenters. The second kappa shape index (κ2) is 5.54. The average molecular weight is 286 g/mol. The average Bonchev–Trinajstić information content (AvgIpc) is 2.71. The highest BCUT2D eigenvalue weighted by molar-refractivity contribution is 6.08. The minimum absolute atomic E-state index is 0.0216. The van der Waals surface area contributed by atoms with E-state index in [0.29, 0.717) is 19.6 Å². The zero-order chi connectivity index (χ0) is 14.8. The number of phenols is 1. The Morgan fingerprint density at radius 2 is 2.05 bits per heavy atom. The molecule has 0 spiro atoms. The van der Waals surface area contributed by atoms with Gasteiger partial charge in [0, 0.05) is 25.3 Å². The number of aromatic hydroxyl groups is 1. The second-order valence-electron chi connectivity index (χ2n) is 4.92. The monoisotopic (exact) mass is 286 g/mol. The van der Waals surface area contributed by atoms with Crippen molar-refractivity contribution in [1.82, 2.24) is 5.32 Å². The van der Waals surface area contributed by atoms with Crippen LogP contribution in [0.5, 0.6) is 5.75 Å². The van der Waals surface area contributed by atoms with Crippen LogP contribution in [0.15, 0.2) is 42.5 Å². The number of amides is 1. The fourth-order valence-electron chi connectivity index (χ4n) is 2.49. The van der Waals surface area contributed by atoms with Crippen molar-refractivity contribution in [1.29, 1.82) is 0 Å². The Bertz CT molecular complexity index is 688. The molecule has 0 radical (unpaired) electrons. The highest BCUT2D eigenvalue weighted by Gasteiger charge is 2.24. The molecule has 1 amide bonds. The third-order valence-corrected chi connectivity index (χ3v) is 3.54. The van der Waals surface area contributed by atoms with E-state index in [1.54, 1.807) is 4.90 Å². The van der Waals surface area contributed by atoms with Gasteiger partial charge in [-0.15, -0.1) is 0 Å². The number of phenolic OH excluding ortho intramolecular Hbond substituents is 1. The Morgan fingerprint density at radius 3 is 2.90 bits per heavy atom. The van der Waals surface area contributed by atoms with Crippen molar-refractivity contribution in [3.63, 3.8) is 0 Å². The van der Waals surface area contributed by atoms with Crippen molar-refractivity contribution < 1.29 is 14.3 Å². The van der Waals surface area contributed by atoms with Gasteiger partial charge in [-0.05, 0) is 29.8 Å². The molecule has 21 heavy (non-hydrogen) atoms.